The summed E-state index contributed by atoms with van der Waals surface area (Å²) in [5.74, 6) is -0.630. The van der Waals surface area contributed by atoms with Crippen LogP contribution in [-0.4, -0.2) is 40.9 Å². The summed E-state index contributed by atoms with van der Waals surface area (Å²) in [5.41, 5.74) is 12.2. The lowest BCUT2D eigenvalue weighted by atomic mass is 10.1. The number of nitrogens with one attached hydrogen (secondary N) is 4. The van der Waals surface area contributed by atoms with Gasteiger partial charge in [-0.3, -0.25) is 48.2 Å². The highest BCUT2D eigenvalue weighted by Crippen LogP contribution is 2.33. The maximum absolute atomic E-state index is 13.3. The van der Waals surface area contributed by atoms with Gasteiger partial charge in [0.25, 0.3) is 11.1 Å². The summed E-state index contributed by atoms with van der Waals surface area (Å²) in [5, 5.41) is 18.0. The van der Waals surface area contributed by atoms with Gasteiger partial charge in [0.1, 0.15) is 0 Å². The molecule has 368 valence electrons. The molecule has 76 heavy (non-hydrogen) atoms. The van der Waals surface area contributed by atoms with Crippen LogP contribution in [0.1, 0.15) is 11.1 Å². The molecule has 4 N–H and O–H groups in total. The van der Waals surface area contributed by atoms with Gasteiger partial charge in [0.2, 0.25) is 11.8 Å². The average Bonchev–Trinajstić information content (AvgIpc) is 3.45. The molecule has 14 heteroatoms. The van der Waals surface area contributed by atoms with Crippen LogP contribution >= 0.6 is 0 Å². The Morgan fingerprint density at radius 3 is 1.42 bits per heavy atom. The molecule has 0 aliphatic rings. The summed E-state index contributed by atoms with van der Waals surface area (Å²) < 4.78 is 3.32. The summed E-state index contributed by atoms with van der Waals surface area (Å²) in [4.78, 5) is 68.6. The average molecular weight is 995 g/mol. The van der Waals surface area contributed by atoms with Crippen molar-refractivity contribution in [2.75, 3.05) is 21.3 Å². The van der Waals surface area contributed by atoms with E-state index in [2.05, 4.69) is 60.4 Å². The van der Waals surface area contributed by atoms with E-state index in [1.165, 1.54) is 24.3 Å². The fourth-order valence-corrected chi connectivity index (χ4v) is 9.26. The van der Waals surface area contributed by atoms with Crippen molar-refractivity contribution >= 4 is 111 Å². The molecule has 6 aromatic heterocycles. The Hall–Kier alpha value is -10.6. The quantitative estimate of drug-likeness (QED) is 0.0761. The van der Waals surface area contributed by atoms with Crippen molar-refractivity contribution in [3.63, 3.8) is 0 Å². The predicted octanol–water partition coefficient (Wildman–Crippen LogP) is 12.5. The van der Waals surface area contributed by atoms with Gasteiger partial charge in [0.15, 0.2) is 0 Å². The van der Waals surface area contributed by atoms with E-state index in [0.29, 0.717) is 22.7 Å². The number of rotatable bonds is 10. The predicted molar refractivity (Wildman–Crippen MR) is 307 cm³/mol. The minimum atomic E-state index is -0.315. The van der Waals surface area contributed by atoms with Crippen LogP contribution in [0.25, 0.3) is 76.8 Å². The summed E-state index contributed by atoms with van der Waals surface area (Å²) >= 11 is 0. The molecule has 0 spiro atoms. The first-order valence-corrected chi connectivity index (χ1v) is 24.2. The van der Waals surface area contributed by atoms with Crippen LogP contribution in [0.15, 0.2) is 217 Å². The van der Waals surface area contributed by atoms with E-state index in [1.54, 1.807) is 58.2 Å². The van der Waals surface area contributed by atoms with Crippen molar-refractivity contribution in [2.45, 2.75) is 13.8 Å². The molecule has 12 aromatic rings. The van der Waals surface area contributed by atoms with Crippen LogP contribution in [0.5, 0.6) is 0 Å². The number of anilines is 6. The third kappa shape index (κ3) is 9.48. The van der Waals surface area contributed by atoms with E-state index in [9.17, 15) is 19.2 Å². The number of amides is 2. The zero-order valence-electron chi connectivity index (χ0n) is 41.2. The Kier molecular flexibility index (Phi) is 12.6. The number of nitrogens with zero attached hydrogens (tertiary/aromatic N) is 6. The maximum Gasteiger partial charge on any atom is 0.255 e. The summed E-state index contributed by atoms with van der Waals surface area (Å²) in [6.45, 7) is 10.8. The van der Waals surface area contributed by atoms with Crippen molar-refractivity contribution in [2.24, 2.45) is 0 Å². The molecule has 0 aliphatic heterocycles. The Bertz CT molecular complexity index is 4200. The molecule has 0 unspecified atom stereocenters. The first-order valence-electron chi connectivity index (χ1n) is 24.2. The first kappa shape index (κ1) is 47.7. The molecule has 6 aromatic carbocycles. The van der Waals surface area contributed by atoms with Gasteiger partial charge in [-0.1, -0.05) is 43.5 Å². The van der Waals surface area contributed by atoms with Crippen LogP contribution in [-0.2, 0) is 9.59 Å². The highest BCUT2D eigenvalue weighted by Gasteiger charge is 2.16. The number of aromatic nitrogens is 6. The second-order valence-corrected chi connectivity index (χ2v) is 18.1. The third-order valence-corrected chi connectivity index (χ3v) is 13.1. The number of pyridine rings is 6. The van der Waals surface area contributed by atoms with Gasteiger partial charge in [0, 0.05) is 103 Å². The lowest BCUT2D eigenvalue weighted by Gasteiger charge is -2.16. The highest BCUT2D eigenvalue weighted by atomic mass is 16.2. The fraction of sp³-hybridized carbons (Fsp3) is 0.0323. The Morgan fingerprint density at radius 2 is 0.895 bits per heavy atom. The second kappa shape index (κ2) is 20.1. The van der Waals surface area contributed by atoms with E-state index in [0.717, 1.165) is 99.3 Å². The van der Waals surface area contributed by atoms with Crippen LogP contribution in [0.2, 0.25) is 0 Å². The smallest absolute Gasteiger partial charge is 0.255 e. The molecule has 0 radical (unpaired) electrons. The van der Waals surface area contributed by atoms with E-state index in [4.69, 9.17) is 0 Å². The molecule has 0 aliphatic carbocycles. The van der Waals surface area contributed by atoms with Crippen molar-refractivity contribution in [3.8, 4) is 11.4 Å². The molecule has 0 bridgehead atoms. The summed E-state index contributed by atoms with van der Waals surface area (Å²) in [7, 11) is 0. The molecular formula is C62H46N10O4. The van der Waals surface area contributed by atoms with Crippen molar-refractivity contribution < 1.29 is 9.59 Å². The molecule has 12 rings (SSSR count). The largest absolute Gasteiger partial charge is 0.355 e. The lowest BCUT2D eigenvalue weighted by Crippen LogP contribution is -2.18. The number of carbonyl (C=O) groups is 2. The first-order chi connectivity index (χ1) is 37.0. The maximum atomic E-state index is 13.3. The van der Waals surface area contributed by atoms with Gasteiger partial charge in [-0.05, 0) is 152 Å². The van der Waals surface area contributed by atoms with E-state index < -0.39 is 0 Å². The third-order valence-electron chi connectivity index (χ3n) is 13.1. The minimum Gasteiger partial charge on any atom is -0.355 e. The fourth-order valence-electron chi connectivity index (χ4n) is 9.26. The summed E-state index contributed by atoms with van der Waals surface area (Å²) in [6, 6.07) is 49.5. The normalized spacial score (nSPS) is 11.1. The van der Waals surface area contributed by atoms with E-state index in [-0.39, 0.29) is 22.9 Å². The Balaban J connectivity index is 0.000000162. The Morgan fingerprint density at radius 1 is 0.447 bits per heavy atom. The van der Waals surface area contributed by atoms with Crippen LogP contribution in [0, 0.1) is 13.8 Å². The van der Waals surface area contributed by atoms with E-state index in [1.807, 2.05) is 129 Å². The molecule has 6 heterocycles. The van der Waals surface area contributed by atoms with Crippen molar-refractivity contribution in [1.29, 1.82) is 0 Å². The Labute approximate surface area is 434 Å². The topological polar surface area (TPSA) is 178 Å². The molecule has 2 amide bonds. The monoisotopic (exact) mass is 994 g/mol. The van der Waals surface area contributed by atoms with Gasteiger partial charge in [0.05, 0.1) is 44.5 Å². The highest BCUT2D eigenvalue weighted by molar-refractivity contribution is 6.07. The zero-order valence-corrected chi connectivity index (χ0v) is 41.2. The minimum absolute atomic E-state index is 0.185. The SMILES string of the molecule is C=CC(=O)Nc1cc(-n2c(=O)ccc3cnc4ccc(Nc5ccc6cccnc6c5)cc4c32)ccc1C.C=CC(=O)Nc1cc(-n2c(=O)ccc3cnc4ccc(Nc5ccc6ncccc6c5)cc4c32)ccc1C. The number of benzene rings is 6. The van der Waals surface area contributed by atoms with E-state index >= 15 is 0 Å². The molecule has 0 saturated heterocycles. The lowest BCUT2D eigenvalue weighted by molar-refractivity contribution is -0.112. The van der Waals surface area contributed by atoms with Crippen LogP contribution < -0.4 is 32.4 Å². The van der Waals surface area contributed by atoms with Crippen LogP contribution in [0.4, 0.5) is 34.1 Å². The second-order valence-electron chi connectivity index (χ2n) is 18.1. The van der Waals surface area contributed by atoms with Gasteiger partial charge in [-0.25, -0.2) is 0 Å². The standard InChI is InChI=1S/2C31H23N5O2/c1-3-29(37)35-28-17-24(10-6-19(28)2)36-30(38)13-7-21-18-33-27-12-9-23(16-25(27)31(21)36)34-22-8-11-26-20(15-22)5-4-14-32-26;1-3-29(37)35-27-17-24(11-6-19(27)2)36-30(38)13-8-21-18-33-26-12-10-22(15-25(26)31(21)36)34-23-9-7-20-5-4-14-32-28(20)16-23/h2*3-18,34H,1H2,2H3,(H,35,37). The number of carbonyl (C=O) groups excluding carboxylic acids is 2. The number of hydrogen-bond donors (Lipinski definition) is 4. The molecule has 0 saturated carbocycles. The van der Waals surface area contributed by atoms with Gasteiger partial charge in [-0.2, -0.15) is 0 Å². The van der Waals surface area contributed by atoms with Gasteiger partial charge >= 0.3 is 0 Å². The van der Waals surface area contributed by atoms with Crippen molar-refractivity contribution in [1.82, 2.24) is 29.1 Å². The number of fused-ring (bicyclic) bond motifs is 8. The number of hydrogen-bond acceptors (Lipinski definition) is 10. The molecule has 0 fully saturated rings. The van der Waals surface area contributed by atoms with Gasteiger partial charge < -0.3 is 21.3 Å². The van der Waals surface area contributed by atoms with Crippen LogP contribution in [0.3, 0.4) is 0 Å². The summed E-state index contributed by atoms with van der Waals surface area (Å²) in [6.07, 6.45) is 9.53. The molecular weight excluding hydrogens is 949 g/mol. The van der Waals surface area contributed by atoms with Gasteiger partial charge in [-0.15, -0.1) is 0 Å². The van der Waals surface area contributed by atoms with Crippen molar-refractivity contribution in [3.05, 3.63) is 240 Å². The number of aryl methyl sites for hydroxylation is 2. The molecule has 14 nitrogen and oxygen atoms in total. The zero-order chi connectivity index (χ0) is 52.5. The molecule has 0 atom stereocenters.